The number of nitrogens with one attached hydrogen (secondary N) is 1. The van der Waals surface area contributed by atoms with Crippen molar-refractivity contribution >= 4 is 5.69 Å². The zero-order chi connectivity index (χ0) is 15.5. The van der Waals surface area contributed by atoms with Crippen molar-refractivity contribution in [2.75, 3.05) is 5.32 Å². The largest absolute Gasteiger partial charge is 0.573 e. The highest BCUT2D eigenvalue weighted by molar-refractivity contribution is 5.48. The summed E-state index contributed by atoms with van der Waals surface area (Å²) in [6.45, 7) is 4.69. The molecule has 0 aliphatic heterocycles. The van der Waals surface area contributed by atoms with Crippen LogP contribution in [0.1, 0.15) is 16.7 Å². The van der Waals surface area contributed by atoms with Crippen molar-refractivity contribution in [1.82, 2.24) is 0 Å². The van der Waals surface area contributed by atoms with Gasteiger partial charge in [0.25, 0.3) is 0 Å². The molecule has 0 saturated carbocycles. The molecule has 2 nitrogen and oxygen atoms in total. The Bertz CT molecular complexity index is 586. The van der Waals surface area contributed by atoms with Crippen LogP contribution in [0.5, 0.6) is 5.75 Å². The number of halogens is 3. The molecule has 0 aliphatic rings. The van der Waals surface area contributed by atoms with Crippen molar-refractivity contribution in [3.63, 3.8) is 0 Å². The molecule has 0 fully saturated rings. The van der Waals surface area contributed by atoms with Crippen molar-refractivity contribution in [1.29, 1.82) is 0 Å². The first-order valence-corrected chi connectivity index (χ1v) is 6.50. The quantitative estimate of drug-likeness (QED) is 0.873. The highest BCUT2D eigenvalue weighted by Gasteiger charge is 2.30. The van der Waals surface area contributed by atoms with Crippen LogP contribution >= 0.6 is 0 Å². The van der Waals surface area contributed by atoms with Gasteiger partial charge in [0.2, 0.25) is 0 Å². The molecular formula is C16H16F3NO. The maximum absolute atomic E-state index is 12.1. The molecule has 0 amide bonds. The average Bonchev–Trinajstić information content (AvgIpc) is 2.38. The molecule has 21 heavy (non-hydrogen) atoms. The van der Waals surface area contributed by atoms with Gasteiger partial charge in [0.1, 0.15) is 5.75 Å². The molecule has 0 unspecified atom stereocenters. The summed E-state index contributed by atoms with van der Waals surface area (Å²) in [5.74, 6) is -0.222. The second-order valence-corrected chi connectivity index (χ2v) is 4.80. The lowest BCUT2D eigenvalue weighted by Gasteiger charge is -2.13. The van der Waals surface area contributed by atoms with Crippen molar-refractivity contribution in [3.8, 4) is 5.75 Å². The average molecular weight is 295 g/mol. The zero-order valence-corrected chi connectivity index (χ0v) is 11.8. The first-order chi connectivity index (χ1) is 9.85. The van der Waals surface area contributed by atoms with Gasteiger partial charge in [0.05, 0.1) is 0 Å². The second kappa shape index (κ2) is 6.08. The van der Waals surface area contributed by atoms with E-state index in [1.54, 1.807) is 12.1 Å². The molecule has 0 atom stereocenters. The highest BCUT2D eigenvalue weighted by Crippen LogP contribution is 2.24. The Morgan fingerprint density at radius 3 is 2.05 bits per heavy atom. The molecule has 0 spiro atoms. The second-order valence-electron chi connectivity index (χ2n) is 4.80. The number of hydrogen-bond acceptors (Lipinski definition) is 2. The number of hydrogen-bond donors (Lipinski definition) is 1. The highest BCUT2D eigenvalue weighted by atomic mass is 19.4. The summed E-state index contributed by atoms with van der Waals surface area (Å²) in [4.78, 5) is 0. The fourth-order valence-corrected chi connectivity index (χ4v) is 2.09. The molecule has 2 aromatic rings. The van der Waals surface area contributed by atoms with E-state index < -0.39 is 6.36 Å². The fourth-order valence-electron chi connectivity index (χ4n) is 2.09. The summed E-state index contributed by atoms with van der Waals surface area (Å²) in [7, 11) is 0. The first kappa shape index (κ1) is 15.2. The number of aryl methyl sites for hydroxylation is 2. The van der Waals surface area contributed by atoms with Gasteiger partial charge in [-0.3, -0.25) is 0 Å². The molecule has 0 aromatic heterocycles. The van der Waals surface area contributed by atoms with E-state index in [-0.39, 0.29) is 5.75 Å². The number of benzene rings is 2. The van der Waals surface area contributed by atoms with E-state index in [0.29, 0.717) is 6.54 Å². The lowest BCUT2D eigenvalue weighted by atomic mass is 10.0. The zero-order valence-electron chi connectivity index (χ0n) is 11.8. The van der Waals surface area contributed by atoms with Gasteiger partial charge in [-0.05, 0) is 54.8 Å². The van der Waals surface area contributed by atoms with Gasteiger partial charge < -0.3 is 10.1 Å². The number of rotatable bonds is 4. The Balaban J connectivity index is 2.01. The molecule has 112 valence electrons. The van der Waals surface area contributed by atoms with Gasteiger partial charge in [-0.2, -0.15) is 0 Å². The van der Waals surface area contributed by atoms with Crippen LogP contribution in [0.15, 0.2) is 42.5 Å². The third-order valence-electron chi connectivity index (χ3n) is 3.20. The van der Waals surface area contributed by atoms with Crippen LogP contribution in [-0.4, -0.2) is 6.36 Å². The van der Waals surface area contributed by atoms with Crippen molar-refractivity contribution < 1.29 is 17.9 Å². The van der Waals surface area contributed by atoms with Crippen LogP contribution in [0, 0.1) is 13.8 Å². The summed E-state index contributed by atoms with van der Waals surface area (Å²) >= 11 is 0. The van der Waals surface area contributed by atoms with Crippen molar-refractivity contribution in [2.24, 2.45) is 0 Å². The SMILES string of the molecule is Cc1cccc(C)c1CNc1ccc(OC(F)(F)F)cc1. The Kier molecular flexibility index (Phi) is 4.40. The molecule has 2 rings (SSSR count). The minimum atomic E-state index is -4.66. The third kappa shape index (κ3) is 4.41. The van der Waals surface area contributed by atoms with Crippen LogP contribution in [0.25, 0.3) is 0 Å². The summed E-state index contributed by atoms with van der Waals surface area (Å²) in [6.07, 6.45) is -4.66. The Morgan fingerprint density at radius 1 is 0.952 bits per heavy atom. The Labute approximate surface area is 121 Å². The fraction of sp³-hybridized carbons (Fsp3) is 0.250. The van der Waals surface area contributed by atoms with E-state index in [1.165, 1.54) is 28.8 Å². The van der Waals surface area contributed by atoms with Crippen LogP contribution in [-0.2, 0) is 6.54 Å². The van der Waals surface area contributed by atoms with Crippen LogP contribution in [0.2, 0.25) is 0 Å². The lowest BCUT2D eigenvalue weighted by molar-refractivity contribution is -0.274. The molecule has 2 aromatic carbocycles. The summed E-state index contributed by atoms with van der Waals surface area (Å²) in [6, 6.07) is 11.8. The maximum atomic E-state index is 12.1. The number of ether oxygens (including phenoxy) is 1. The van der Waals surface area contributed by atoms with Gasteiger partial charge in [0, 0.05) is 12.2 Å². The Morgan fingerprint density at radius 2 is 1.52 bits per heavy atom. The maximum Gasteiger partial charge on any atom is 0.573 e. The molecule has 0 bridgehead atoms. The van der Waals surface area contributed by atoms with Crippen LogP contribution in [0.3, 0.4) is 0 Å². The van der Waals surface area contributed by atoms with Crippen molar-refractivity contribution in [2.45, 2.75) is 26.8 Å². The molecule has 0 aliphatic carbocycles. The van der Waals surface area contributed by atoms with E-state index in [2.05, 4.69) is 10.1 Å². The monoisotopic (exact) mass is 295 g/mol. The molecule has 0 saturated heterocycles. The van der Waals surface area contributed by atoms with Gasteiger partial charge >= 0.3 is 6.36 Å². The predicted octanol–water partition coefficient (Wildman–Crippen LogP) is 4.81. The van der Waals surface area contributed by atoms with Crippen molar-refractivity contribution in [3.05, 3.63) is 59.2 Å². The van der Waals surface area contributed by atoms with E-state index in [4.69, 9.17) is 0 Å². The van der Waals surface area contributed by atoms with Gasteiger partial charge in [-0.1, -0.05) is 18.2 Å². The molecule has 5 heteroatoms. The summed E-state index contributed by atoms with van der Waals surface area (Å²) < 4.78 is 40.0. The van der Waals surface area contributed by atoms with Crippen LogP contribution < -0.4 is 10.1 Å². The van der Waals surface area contributed by atoms with Gasteiger partial charge in [-0.25, -0.2) is 0 Å². The molecule has 0 heterocycles. The molecular weight excluding hydrogens is 279 g/mol. The Hall–Kier alpha value is -2.17. The smallest absolute Gasteiger partial charge is 0.406 e. The number of anilines is 1. The topological polar surface area (TPSA) is 21.3 Å². The predicted molar refractivity (Wildman–Crippen MR) is 76.4 cm³/mol. The minimum absolute atomic E-state index is 0.222. The lowest BCUT2D eigenvalue weighted by Crippen LogP contribution is -2.17. The van der Waals surface area contributed by atoms with E-state index in [0.717, 1.165) is 5.69 Å². The van der Waals surface area contributed by atoms with E-state index in [1.807, 2.05) is 32.0 Å². The van der Waals surface area contributed by atoms with E-state index in [9.17, 15) is 13.2 Å². The third-order valence-corrected chi connectivity index (χ3v) is 3.20. The minimum Gasteiger partial charge on any atom is -0.406 e. The summed E-state index contributed by atoms with van der Waals surface area (Å²) in [5.41, 5.74) is 4.29. The van der Waals surface area contributed by atoms with Gasteiger partial charge in [-0.15, -0.1) is 13.2 Å². The molecule has 0 radical (unpaired) electrons. The molecule has 1 N–H and O–H groups in total. The normalized spacial score (nSPS) is 11.3. The standard InChI is InChI=1S/C16H16F3NO/c1-11-4-3-5-12(2)15(11)10-20-13-6-8-14(9-7-13)21-16(17,18)19/h3-9,20H,10H2,1-2H3. The van der Waals surface area contributed by atoms with Gasteiger partial charge in [0.15, 0.2) is 0 Å². The van der Waals surface area contributed by atoms with Crippen LogP contribution in [0.4, 0.5) is 18.9 Å². The number of alkyl halides is 3. The summed E-state index contributed by atoms with van der Waals surface area (Å²) in [5, 5.41) is 3.20. The first-order valence-electron chi connectivity index (χ1n) is 6.50. The van der Waals surface area contributed by atoms with E-state index >= 15 is 0 Å².